The monoisotopic (exact) mass is 260 g/mol. The predicted molar refractivity (Wildman–Crippen MR) is 60.9 cm³/mol. The molecule has 0 fully saturated rings. The Balaban J connectivity index is 2.86. The van der Waals surface area contributed by atoms with Crippen LogP contribution in [0.3, 0.4) is 0 Å². The molecule has 0 amide bonds. The van der Waals surface area contributed by atoms with Crippen LogP contribution in [0.1, 0.15) is 5.56 Å². The number of rotatable bonds is 4. The third kappa shape index (κ3) is 3.63. The molecule has 1 aromatic carbocycles. The Hall–Kier alpha value is -1.40. The van der Waals surface area contributed by atoms with Crippen molar-refractivity contribution < 1.29 is 13.2 Å². The van der Waals surface area contributed by atoms with Gasteiger partial charge in [-0.2, -0.15) is 18.4 Å². The lowest BCUT2D eigenvalue weighted by atomic mass is 10.2. The number of aryl methyl sites for hydroxylation is 1. The van der Waals surface area contributed by atoms with Crippen LogP contribution in [-0.4, -0.2) is 19.9 Å². The number of nitrogens with one attached hydrogen (secondary N) is 1. The van der Waals surface area contributed by atoms with Gasteiger partial charge in [-0.25, -0.2) is 0 Å². The summed E-state index contributed by atoms with van der Waals surface area (Å²) in [4.78, 5) is 12.2. The Morgan fingerprint density at radius 1 is 1.38 bits per heavy atom. The highest BCUT2D eigenvalue weighted by Crippen LogP contribution is 2.09. The number of hydrogen-bond donors (Lipinski definition) is 1. The Morgan fingerprint density at radius 2 is 1.94 bits per heavy atom. The Morgan fingerprint density at radius 3 is 2.44 bits per heavy atom. The zero-order valence-electron chi connectivity index (χ0n) is 8.34. The van der Waals surface area contributed by atoms with E-state index >= 15 is 0 Å². The standard InChI is InChI=1S/C9H9ClN2O3S/c1-7-2-4-8(5-3-7)16(14,15)12-11-6-9(10)13/h2-6,12H,1H3/b11-6-. The number of carbonyl (C=O) groups excluding carboxylic acids is 1. The molecule has 0 saturated heterocycles. The fraction of sp³-hybridized carbons (Fsp3) is 0.111. The first-order valence-electron chi connectivity index (χ1n) is 4.23. The first kappa shape index (κ1) is 12.7. The lowest BCUT2D eigenvalue weighted by molar-refractivity contribution is -0.105. The van der Waals surface area contributed by atoms with E-state index in [1.54, 1.807) is 12.1 Å². The summed E-state index contributed by atoms with van der Waals surface area (Å²) in [5, 5.41) is 2.34. The van der Waals surface area contributed by atoms with Crippen molar-refractivity contribution in [3.63, 3.8) is 0 Å². The average Bonchev–Trinajstić information content (AvgIpc) is 2.17. The van der Waals surface area contributed by atoms with Crippen molar-refractivity contribution in [3.05, 3.63) is 29.8 Å². The summed E-state index contributed by atoms with van der Waals surface area (Å²) in [5.41, 5.74) is 0.943. The number of benzene rings is 1. The molecule has 16 heavy (non-hydrogen) atoms. The molecule has 0 atom stereocenters. The van der Waals surface area contributed by atoms with Gasteiger partial charge >= 0.3 is 0 Å². The molecule has 0 heterocycles. The van der Waals surface area contributed by atoms with Gasteiger partial charge in [-0.3, -0.25) is 4.79 Å². The van der Waals surface area contributed by atoms with Crippen LogP contribution >= 0.6 is 11.6 Å². The zero-order valence-corrected chi connectivity index (χ0v) is 9.92. The summed E-state index contributed by atoms with van der Waals surface area (Å²) in [5.74, 6) is 0. The summed E-state index contributed by atoms with van der Waals surface area (Å²) < 4.78 is 23.1. The van der Waals surface area contributed by atoms with Crippen LogP contribution in [0.2, 0.25) is 0 Å². The van der Waals surface area contributed by atoms with Gasteiger partial charge in [0, 0.05) is 0 Å². The maximum Gasteiger partial charge on any atom is 0.276 e. The molecule has 1 N–H and O–H groups in total. The highest BCUT2D eigenvalue weighted by Gasteiger charge is 2.11. The van der Waals surface area contributed by atoms with Crippen LogP contribution in [-0.2, 0) is 14.8 Å². The topological polar surface area (TPSA) is 75.6 Å². The molecule has 0 aliphatic carbocycles. The molecular formula is C9H9ClN2O3S. The summed E-state index contributed by atoms with van der Waals surface area (Å²) >= 11 is 4.95. The van der Waals surface area contributed by atoms with Crippen molar-refractivity contribution in [2.75, 3.05) is 0 Å². The van der Waals surface area contributed by atoms with Gasteiger partial charge in [0.1, 0.15) is 6.21 Å². The molecule has 0 spiro atoms. The van der Waals surface area contributed by atoms with Crippen molar-refractivity contribution >= 4 is 33.1 Å². The second-order valence-corrected chi connectivity index (χ2v) is 5.00. The largest absolute Gasteiger partial charge is 0.276 e. The van der Waals surface area contributed by atoms with Gasteiger partial charge in [0.05, 0.1) is 4.90 Å². The van der Waals surface area contributed by atoms with Gasteiger partial charge in [0.15, 0.2) is 0 Å². The highest BCUT2D eigenvalue weighted by atomic mass is 35.5. The molecule has 5 nitrogen and oxygen atoms in total. The van der Waals surface area contributed by atoms with Crippen LogP contribution < -0.4 is 4.83 Å². The first-order chi connectivity index (χ1) is 7.42. The lowest BCUT2D eigenvalue weighted by Gasteiger charge is -2.02. The maximum atomic E-state index is 11.5. The minimum absolute atomic E-state index is 0.0669. The molecule has 0 aromatic heterocycles. The molecule has 1 rings (SSSR count). The van der Waals surface area contributed by atoms with Crippen LogP contribution in [0, 0.1) is 6.92 Å². The molecule has 0 saturated carbocycles. The van der Waals surface area contributed by atoms with E-state index < -0.39 is 15.3 Å². The second kappa shape index (κ2) is 5.09. The summed E-state index contributed by atoms with van der Waals surface area (Å²) in [7, 11) is -3.73. The summed E-state index contributed by atoms with van der Waals surface area (Å²) in [6, 6.07) is 6.20. The van der Waals surface area contributed by atoms with E-state index in [-0.39, 0.29) is 4.90 Å². The number of halogens is 1. The third-order valence-electron chi connectivity index (χ3n) is 1.67. The molecule has 0 bridgehead atoms. The van der Waals surface area contributed by atoms with Gasteiger partial charge in [0.2, 0.25) is 0 Å². The lowest BCUT2D eigenvalue weighted by Crippen LogP contribution is -2.18. The predicted octanol–water partition coefficient (Wildman–Crippen LogP) is 1.02. The summed E-state index contributed by atoms with van der Waals surface area (Å²) in [6.07, 6.45) is 0.674. The second-order valence-electron chi connectivity index (χ2n) is 2.97. The van der Waals surface area contributed by atoms with Crippen LogP contribution in [0.15, 0.2) is 34.3 Å². The maximum absolute atomic E-state index is 11.5. The van der Waals surface area contributed by atoms with Crippen LogP contribution in [0.25, 0.3) is 0 Å². The normalized spacial score (nSPS) is 11.6. The quantitative estimate of drug-likeness (QED) is 0.499. The van der Waals surface area contributed by atoms with Crippen molar-refractivity contribution in [2.24, 2.45) is 5.10 Å². The summed E-state index contributed by atoms with van der Waals surface area (Å²) in [6.45, 7) is 1.84. The smallest absolute Gasteiger partial charge is 0.274 e. The van der Waals surface area contributed by atoms with E-state index in [1.807, 2.05) is 11.8 Å². The van der Waals surface area contributed by atoms with E-state index in [4.69, 9.17) is 11.6 Å². The van der Waals surface area contributed by atoms with Crippen molar-refractivity contribution in [1.82, 2.24) is 4.83 Å². The van der Waals surface area contributed by atoms with Gasteiger partial charge < -0.3 is 0 Å². The minimum atomic E-state index is -3.73. The van der Waals surface area contributed by atoms with E-state index in [1.165, 1.54) is 12.1 Å². The number of sulfonamides is 1. The van der Waals surface area contributed by atoms with Crippen molar-refractivity contribution in [2.45, 2.75) is 11.8 Å². The van der Waals surface area contributed by atoms with E-state index in [0.29, 0.717) is 6.21 Å². The molecule has 0 radical (unpaired) electrons. The van der Waals surface area contributed by atoms with E-state index in [9.17, 15) is 13.2 Å². The third-order valence-corrected chi connectivity index (χ3v) is 3.01. The molecule has 0 aliphatic heterocycles. The van der Waals surface area contributed by atoms with E-state index in [2.05, 4.69) is 5.10 Å². The number of hydrogen-bond acceptors (Lipinski definition) is 4. The van der Waals surface area contributed by atoms with Crippen LogP contribution in [0.5, 0.6) is 0 Å². The SMILES string of the molecule is Cc1ccc(S(=O)(=O)N/N=C\C(=O)Cl)cc1. The Bertz CT molecular complexity index is 508. The highest BCUT2D eigenvalue weighted by molar-refractivity contribution is 7.89. The molecule has 1 aromatic rings. The number of nitrogens with zero attached hydrogens (tertiary/aromatic N) is 1. The fourth-order valence-electron chi connectivity index (χ4n) is 0.917. The van der Waals surface area contributed by atoms with Gasteiger partial charge in [-0.1, -0.05) is 17.7 Å². The zero-order chi connectivity index (χ0) is 12.2. The Kier molecular flexibility index (Phi) is 4.03. The molecule has 0 unspecified atom stereocenters. The molecular weight excluding hydrogens is 252 g/mol. The minimum Gasteiger partial charge on any atom is -0.274 e. The number of carbonyl (C=O) groups is 1. The van der Waals surface area contributed by atoms with Crippen molar-refractivity contribution in [3.8, 4) is 0 Å². The molecule has 0 aliphatic rings. The number of hydrazone groups is 1. The van der Waals surface area contributed by atoms with Crippen LogP contribution in [0.4, 0.5) is 0 Å². The Labute approximate surface area is 98.2 Å². The van der Waals surface area contributed by atoms with Gasteiger partial charge in [-0.05, 0) is 30.7 Å². The van der Waals surface area contributed by atoms with E-state index in [0.717, 1.165) is 5.56 Å². The van der Waals surface area contributed by atoms with Gasteiger partial charge in [-0.15, -0.1) is 0 Å². The molecule has 7 heteroatoms. The average molecular weight is 261 g/mol. The van der Waals surface area contributed by atoms with Crippen molar-refractivity contribution in [1.29, 1.82) is 0 Å². The van der Waals surface area contributed by atoms with Gasteiger partial charge in [0.25, 0.3) is 15.3 Å². The fourth-order valence-corrected chi connectivity index (χ4v) is 1.76. The molecule has 86 valence electrons. The first-order valence-corrected chi connectivity index (χ1v) is 6.09.